The van der Waals surface area contributed by atoms with Crippen molar-refractivity contribution in [3.63, 3.8) is 0 Å². The number of aryl methyl sites for hydroxylation is 2. The lowest BCUT2D eigenvalue weighted by Crippen LogP contribution is -2.37. The molecule has 0 saturated carbocycles. The van der Waals surface area contributed by atoms with Crippen LogP contribution in [0.25, 0.3) is 10.9 Å². The number of fused-ring (bicyclic) bond motifs is 5. The number of rotatable bonds is 2. The minimum absolute atomic E-state index is 0.485. The average molecular weight is 318 g/mol. The first kappa shape index (κ1) is 14.2. The van der Waals surface area contributed by atoms with E-state index in [-0.39, 0.29) is 0 Å². The van der Waals surface area contributed by atoms with Gasteiger partial charge in [-0.3, -0.25) is 4.90 Å². The summed E-state index contributed by atoms with van der Waals surface area (Å²) in [6.45, 7) is 3.01. The van der Waals surface area contributed by atoms with E-state index in [2.05, 4.69) is 58.2 Å². The predicted molar refractivity (Wildman–Crippen MR) is 94.7 cm³/mol. The second kappa shape index (κ2) is 5.15. The molecule has 5 rings (SSSR count). The number of hydrogen-bond acceptors (Lipinski definition) is 3. The fourth-order valence-electron chi connectivity index (χ4n) is 4.67. The first-order chi connectivity index (χ1) is 11.7. The van der Waals surface area contributed by atoms with Crippen molar-refractivity contribution in [3.05, 3.63) is 59.3 Å². The van der Waals surface area contributed by atoms with E-state index in [0.29, 0.717) is 12.1 Å². The lowest BCUT2D eigenvalue weighted by Gasteiger charge is -2.35. The third kappa shape index (κ3) is 2.02. The van der Waals surface area contributed by atoms with Gasteiger partial charge in [0.1, 0.15) is 5.82 Å². The molecule has 0 unspecified atom stereocenters. The summed E-state index contributed by atoms with van der Waals surface area (Å²) in [6.07, 6.45) is 7.94. The highest BCUT2D eigenvalue weighted by Crippen LogP contribution is 2.44. The summed E-state index contributed by atoms with van der Waals surface area (Å²) in [5.41, 5.74) is 5.39. The Morgan fingerprint density at radius 1 is 1.21 bits per heavy atom. The molecule has 2 bridgehead atoms. The molecule has 4 nitrogen and oxygen atoms in total. The van der Waals surface area contributed by atoms with Gasteiger partial charge in [0.25, 0.3) is 0 Å². The molecular formula is C20H22N4. The Labute approximate surface area is 142 Å². The third-order valence-electron chi connectivity index (χ3n) is 5.78. The lowest BCUT2D eigenvalue weighted by atomic mass is 9.98. The van der Waals surface area contributed by atoms with Crippen molar-refractivity contribution in [2.75, 3.05) is 0 Å². The maximum atomic E-state index is 4.71. The van der Waals surface area contributed by atoms with Crippen LogP contribution in [-0.4, -0.2) is 25.5 Å². The molecule has 4 heteroatoms. The molecule has 122 valence electrons. The monoisotopic (exact) mass is 318 g/mol. The quantitative estimate of drug-likeness (QED) is 0.725. The van der Waals surface area contributed by atoms with Gasteiger partial charge >= 0.3 is 0 Å². The topological polar surface area (TPSA) is 34.0 Å². The number of hydrogen-bond donors (Lipinski definition) is 0. The molecular weight excluding hydrogens is 296 g/mol. The van der Waals surface area contributed by atoms with Crippen LogP contribution in [0.5, 0.6) is 0 Å². The highest BCUT2D eigenvalue weighted by Gasteiger charge is 2.40. The van der Waals surface area contributed by atoms with Crippen molar-refractivity contribution in [2.45, 2.75) is 44.8 Å². The number of benzene rings is 1. The molecule has 1 saturated heterocycles. The van der Waals surface area contributed by atoms with Gasteiger partial charge in [-0.25, -0.2) is 9.97 Å². The van der Waals surface area contributed by atoms with Crippen molar-refractivity contribution in [1.82, 2.24) is 19.4 Å². The Balaban J connectivity index is 1.53. The van der Waals surface area contributed by atoms with Crippen molar-refractivity contribution < 1.29 is 0 Å². The van der Waals surface area contributed by atoms with Gasteiger partial charge in [0.15, 0.2) is 0 Å². The van der Waals surface area contributed by atoms with E-state index in [9.17, 15) is 0 Å². The Morgan fingerprint density at radius 2 is 2.08 bits per heavy atom. The zero-order valence-corrected chi connectivity index (χ0v) is 14.2. The van der Waals surface area contributed by atoms with Gasteiger partial charge in [-0.1, -0.05) is 18.2 Å². The predicted octanol–water partition coefficient (Wildman–Crippen LogP) is 3.54. The average Bonchev–Trinajstić information content (AvgIpc) is 3.04. The van der Waals surface area contributed by atoms with Crippen molar-refractivity contribution in [1.29, 1.82) is 0 Å². The summed E-state index contributed by atoms with van der Waals surface area (Å²) in [5.74, 6) is 0.899. The minimum Gasteiger partial charge on any atom is -0.350 e. The van der Waals surface area contributed by atoms with E-state index >= 15 is 0 Å². The summed E-state index contributed by atoms with van der Waals surface area (Å²) < 4.78 is 2.25. The first-order valence-corrected chi connectivity index (χ1v) is 8.82. The van der Waals surface area contributed by atoms with Crippen molar-refractivity contribution >= 4 is 10.9 Å². The van der Waals surface area contributed by atoms with Gasteiger partial charge in [0, 0.05) is 61.0 Å². The van der Waals surface area contributed by atoms with Crippen LogP contribution in [-0.2, 0) is 20.0 Å². The molecule has 2 aliphatic heterocycles. The standard InChI is InChI=1S/C20H22N4/c1-13-21-10-17-18(22-13)9-15-7-8-20(17)24(15)12-14-11-23(2)19-6-4-3-5-16(14)19/h3-6,10-11,15,20H,7-9,12H2,1-2H3/t15-,20-/m1/s1. The largest absolute Gasteiger partial charge is 0.350 e. The summed E-state index contributed by atoms with van der Waals surface area (Å²) >= 11 is 0. The fraction of sp³-hybridized carbons (Fsp3) is 0.400. The Hall–Kier alpha value is -2.20. The molecule has 24 heavy (non-hydrogen) atoms. The van der Waals surface area contributed by atoms with E-state index in [1.165, 1.54) is 40.6 Å². The molecule has 2 atom stereocenters. The van der Waals surface area contributed by atoms with E-state index in [1.54, 1.807) is 0 Å². The van der Waals surface area contributed by atoms with E-state index in [0.717, 1.165) is 18.8 Å². The smallest absolute Gasteiger partial charge is 0.125 e. The lowest BCUT2D eigenvalue weighted by molar-refractivity contribution is 0.166. The molecule has 1 aromatic carbocycles. The summed E-state index contributed by atoms with van der Waals surface area (Å²) in [5, 5.41) is 1.38. The van der Waals surface area contributed by atoms with Crippen LogP contribution in [0.15, 0.2) is 36.7 Å². The SMILES string of the molecule is Cc1ncc2c(n1)C[C@H]1CC[C@H]2N1Cc1cn(C)c2ccccc12. The molecule has 0 amide bonds. The summed E-state index contributed by atoms with van der Waals surface area (Å²) in [4.78, 5) is 11.9. The summed E-state index contributed by atoms with van der Waals surface area (Å²) in [7, 11) is 2.14. The van der Waals surface area contributed by atoms with Crippen LogP contribution in [0.1, 0.15) is 41.5 Å². The van der Waals surface area contributed by atoms with E-state index in [4.69, 9.17) is 4.98 Å². The summed E-state index contributed by atoms with van der Waals surface area (Å²) in [6, 6.07) is 9.82. The molecule has 1 fully saturated rings. The maximum absolute atomic E-state index is 4.71. The molecule has 0 aliphatic carbocycles. The van der Waals surface area contributed by atoms with E-state index < -0.39 is 0 Å². The van der Waals surface area contributed by atoms with Crippen LogP contribution < -0.4 is 0 Å². The third-order valence-corrected chi connectivity index (χ3v) is 5.78. The number of para-hydroxylation sites is 1. The molecule has 0 N–H and O–H groups in total. The van der Waals surface area contributed by atoms with E-state index in [1.807, 2.05) is 6.92 Å². The van der Waals surface area contributed by atoms with Gasteiger partial charge in [-0.05, 0) is 31.4 Å². The van der Waals surface area contributed by atoms with Crippen LogP contribution >= 0.6 is 0 Å². The molecule has 0 radical (unpaired) electrons. The highest BCUT2D eigenvalue weighted by molar-refractivity contribution is 5.83. The van der Waals surface area contributed by atoms with Crippen LogP contribution in [0.3, 0.4) is 0 Å². The van der Waals surface area contributed by atoms with Gasteiger partial charge in [-0.15, -0.1) is 0 Å². The fourth-order valence-corrected chi connectivity index (χ4v) is 4.67. The first-order valence-electron chi connectivity index (χ1n) is 8.82. The second-order valence-electron chi connectivity index (χ2n) is 7.23. The molecule has 2 aromatic heterocycles. The zero-order chi connectivity index (χ0) is 16.3. The molecule has 0 spiro atoms. The minimum atomic E-state index is 0.485. The van der Waals surface area contributed by atoms with Crippen molar-refractivity contribution in [2.24, 2.45) is 7.05 Å². The normalized spacial score (nSPS) is 22.9. The molecule has 2 aliphatic rings. The molecule has 4 heterocycles. The second-order valence-corrected chi connectivity index (χ2v) is 7.23. The Bertz CT molecular complexity index is 927. The van der Waals surface area contributed by atoms with Gasteiger partial charge in [0.2, 0.25) is 0 Å². The number of aromatic nitrogens is 3. The Kier molecular flexibility index (Phi) is 3.04. The van der Waals surface area contributed by atoms with Crippen LogP contribution in [0.4, 0.5) is 0 Å². The van der Waals surface area contributed by atoms with Crippen LogP contribution in [0, 0.1) is 6.92 Å². The van der Waals surface area contributed by atoms with Crippen LogP contribution in [0.2, 0.25) is 0 Å². The van der Waals surface area contributed by atoms with Gasteiger partial charge in [0.05, 0.1) is 5.69 Å². The highest BCUT2D eigenvalue weighted by atomic mass is 15.2. The molecule has 3 aromatic rings. The number of nitrogens with zero attached hydrogens (tertiary/aromatic N) is 4. The Morgan fingerprint density at radius 3 is 3.00 bits per heavy atom. The van der Waals surface area contributed by atoms with Gasteiger partial charge in [-0.2, -0.15) is 0 Å². The van der Waals surface area contributed by atoms with Gasteiger partial charge < -0.3 is 4.57 Å². The zero-order valence-electron chi connectivity index (χ0n) is 14.2. The van der Waals surface area contributed by atoms with Crippen molar-refractivity contribution in [3.8, 4) is 0 Å². The maximum Gasteiger partial charge on any atom is 0.125 e.